The van der Waals surface area contributed by atoms with Crippen molar-refractivity contribution in [1.82, 2.24) is 15.2 Å². The molecule has 0 saturated carbocycles. The molecule has 3 heterocycles. The zero-order valence-corrected chi connectivity index (χ0v) is 19.5. The van der Waals surface area contributed by atoms with Crippen molar-refractivity contribution < 1.29 is 36.3 Å². The lowest BCUT2D eigenvalue weighted by Crippen LogP contribution is -2.54. The maximum atomic E-state index is 14.8. The summed E-state index contributed by atoms with van der Waals surface area (Å²) in [6, 6.07) is -1.95. The summed E-state index contributed by atoms with van der Waals surface area (Å²) in [7, 11) is 1.67. The predicted molar refractivity (Wildman–Crippen MR) is 115 cm³/mol. The maximum Gasteiger partial charge on any atom is 0.419 e. The van der Waals surface area contributed by atoms with Crippen molar-refractivity contribution in [3.05, 3.63) is 34.9 Å². The van der Waals surface area contributed by atoms with Gasteiger partial charge >= 0.3 is 6.18 Å². The summed E-state index contributed by atoms with van der Waals surface area (Å²) in [4.78, 5) is 28.1. The Hall–Kier alpha value is -2.76. The fraction of sp³-hybridized carbons (Fsp3) is 0.609. The molecule has 0 aliphatic carbocycles. The van der Waals surface area contributed by atoms with Gasteiger partial charge in [0.2, 0.25) is 11.8 Å². The molecule has 0 spiro atoms. The normalized spacial score (nSPS) is 27.8. The Morgan fingerprint density at radius 2 is 1.86 bits per heavy atom. The molecular formula is C23H27F5N4O3. The number of halogens is 5. The molecule has 2 saturated heterocycles. The van der Waals surface area contributed by atoms with Gasteiger partial charge in [-0.05, 0) is 24.5 Å². The molecule has 0 bridgehead atoms. The van der Waals surface area contributed by atoms with Gasteiger partial charge in [-0.2, -0.15) is 18.3 Å². The van der Waals surface area contributed by atoms with E-state index in [1.54, 1.807) is 18.3 Å². The molecule has 2 fully saturated rings. The first-order valence-electron chi connectivity index (χ1n) is 11.4. The first kappa shape index (κ1) is 25.3. The summed E-state index contributed by atoms with van der Waals surface area (Å²) in [6.07, 6.45) is -3.04. The number of likely N-dealkylation sites (N-methyl/N-ethyl adjacent to an activating group) is 1. The van der Waals surface area contributed by atoms with Crippen LogP contribution in [0.15, 0.2) is 17.2 Å². The van der Waals surface area contributed by atoms with Crippen LogP contribution < -0.4 is 5.32 Å². The van der Waals surface area contributed by atoms with Crippen LogP contribution in [0.4, 0.5) is 22.0 Å². The first-order chi connectivity index (χ1) is 16.4. The third-order valence-corrected chi connectivity index (χ3v) is 6.89. The molecule has 5 atom stereocenters. The van der Waals surface area contributed by atoms with Crippen LogP contribution in [0.5, 0.6) is 0 Å². The first-order valence-corrected chi connectivity index (χ1v) is 11.4. The van der Waals surface area contributed by atoms with Crippen molar-refractivity contribution in [1.29, 1.82) is 0 Å². The van der Waals surface area contributed by atoms with Crippen molar-refractivity contribution in [2.45, 2.75) is 44.6 Å². The minimum absolute atomic E-state index is 0.0170. The number of hydrogen-bond donors (Lipinski definition) is 1. The van der Waals surface area contributed by atoms with E-state index in [2.05, 4.69) is 10.4 Å². The lowest BCUT2D eigenvalue weighted by Gasteiger charge is -2.36. The van der Waals surface area contributed by atoms with Gasteiger partial charge in [-0.3, -0.25) is 14.6 Å². The maximum absolute atomic E-state index is 14.8. The molecule has 0 aromatic heterocycles. The second-order valence-electron chi connectivity index (χ2n) is 9.62. The van der Waals surface area contributed by atoms with E-state index in [9.17, 15) is 31.5 Å². The molecule has 4 rings (SSSR count). The van der Waals surface area contributed by atoms with Gasteiger partial charge in [-0.1, -0.05) is 13.8 Å². The molecule has 1 aromatic rings. The molecule has 2 unspecified atom stereocenters. The Morgan fingerprint density at radius 1 is 1.17 bits per heavy atom. The third kappa shape index (κ3) is 4.85. The van der Waals surface area contributed by atoms with Gasteiger partial charge in [0.1, 0.15) is 23.7 Å². The molecule has 3 aliphatic rings. The number of nitrogens with zero attached hydrogens (tertiary/aromatic N) is 3. The molecule has 7 nitrogen and oxygen atoms in total. The van der Waals surface area contributed by atoms with E-state index < -0.39 is 58.9 Å². The zero-order chi connectivity index (χ0) is 25.7. The second kappa shape index (κ2) is 9.36. The van der Waals surface area contributed by atoms with Gasteiger partial charge in [0.15, 0.2) is 0 Å². The van der Waals surface area contributed by atoms with E-state index in [0.717, 1.165) is 0 Å². The molecular weight excluding hydrogens is 475 g/mol. The van der Waals surface area contributed by atoms with Crippen LogP contribution in [0.25, 0.3) is 0 Å². The van der Waals surface area contributed by atoms with E-state index in [0.29, 0.717) is 19.0 Å². The molecule has 35 heavy (non-hydrogen) atoms. The van der Waals surface area contributed by atoms with Gasteiger partial charge < -0.3 is 15.0 Å². The highest BCUT2D eigenvalue weighted by Gasteiger charge is 2.45. The van der Waals surface area contributed by atoms with E-state index in [1.165, 1.54) is 4.90 Å². The van der Waals surface area contributed by atoms with E-state index in [1.807, 2.05) is 13.8 Å². The monoisotopic (exact) mass is 502 g/mol. The average molecular weight is 502 g/mol. The Kier molecular flexibility index (Phi) is 6.78. The fourth-order valence-corrected chi connectivity index (χ4v) is 4.96. The number of nitrogens with one attached hydrogen (secondary N) is 1. The highest BCUT2D eigenvalue weighted by molar-refractivity contribution is 5.92. The lowest BCUT2D eigenvalue weighted by molar-refractivity contribution is -0.143. The number of rotatable bonds is 5. The van der Waals surface area contributed by atoms with Gasteiger partial charge in [0, 0.05) is 37.2 Å². The van der Waals surface area contributed by atoms with Gasteiger partial charge in [-0.15, -0.1) is 0 Å². The zero-order valence-electron chi connectivity index (χ0n) is 19.5. The van der Waals surface area contributed by atoms with Crippen LogP contribution in [0, 0.1) is 29.4 Å². The van der Waals surface area contributed by atoms with E-state index >= 15 is 0 Å². The van der Waals surface area contributed by atoms with Gasteiger partial charge in [0.25, 0.3) is 0 Å². The highest BCUT2D eigenvalue weighted by Crippen LogP contribution is 2.37. The minimum atomic E-state index is -5.06. The van der Waals surface area contributed by atoms with Crippen molar-refractivity contribution >= 4 is 18.0 Å². The fourth-order valence-electron chi connectivity index (χ4n) is 4.96. The molecule has 3 aliphatic heterocycles. The van der Waals surface area contributed by atoms with Crippen molar-refractivity contribution in [3.63, 3.8) is 0 Å². The Balaban J connectivity index is 1.58. The summed E-state index contributed by atoms with van der Waals surface area (Å²) in [5.41, 5.74) is -2.11. The molecule has 2 amide bonds. The number of hydrazone groups is 1. The Morgan fingerprint density at radius 3 is 2.40 bits per heavy atom. The summed E-state index contributed by atoms with van der Waals surface area (Å²) >= 11 is 0. The summed E-state index contributed by atoms with van der Waals surface area (Å²) in [5, 5.41) is 8.36. The number of likely N-dealkylation sites (tertiary alicyclic amines) is 1. The van der Waals surface area contributed by atoms with Crippen molar-refractivity contribution in [2.75, 3.05) is 26.8 Å². The van der Waals surface area contributed by atoms with Crippen LogP contribution >= 0.6 is 0 Å². The van der Waals surface area contributed by atoms with E-state index in [4.69, 9.17) is 4.74 Å². The van der Waals surface area contributed by atoms with Gasteiger partial charge in [0.05, 0.1) is 24.8 Å². The number of carbonyl (C=O) groups is 2. The van der Waals surface area contributed by atoms with E-state index in [-0.39, 0.29) is 37.0 Å². The summed E-state index contributed by atoms with van der Waals surface area (Å²) < 4.78 is 73.2. The predicted octanol–water partition coefficient (Wildman–Crippen LogP) is 2.96. The number of hydrogen-bond acceptors (Lipinski definition) is 5. The molecule has 12 heteroatoms. The molecule has 192 valence electrons. The average Bonchev–Trinajstić information content (AvgIpc) is 3.28. The molecule has 1 aromatic carbocycles. The smallest absolute Gasteiger partial charge is 0.381 e. The Bertz CT molecular complexity index is 1020. The van der Waals surface area contributed by atoms with Crippen LogP contribution in [-0.2, 0) is 20.5 Å². The molecule has 1 N–H and O–H groups in total. The van der Waals surface area contributed by atoms with Crippen molar-refractivity contribution in [3.8, 4) is 0 Å². The SMILES string of the molecule is CC1C=NN(C)C1C(=O)N1C[C@H](C)C[C@@H]1C(=O)N[C@@H](c1cc(F)c(C(F)(F)F)cc1F)C1COC1. The lowest BCUT2D eigenvalue weighted by atomic mass is 9.89. The highest BCUT2D eigenvalue weighted by atomic mass is 19.4. The second-order valence-corrected chi connectivity index (χ2v) is 9.62. The van der Waals surface area contributed by atoms with Crippen LogP contribution in [0.2, 0.25) is 0 Å². The topological polar surface area (TPSA) is 74.2 Å². The minimum Gasteiger partial charge on any atom is -0.381 e. The van der Waals surface area contributed by atoms with Crippen LogP contribution in [-0.4, -0.2) is 66.8 Å². The number of benzene rings is 1. The van der Waals surface area contributed by atoms with Gasteiger partial charge in [-0.25, -0.2) is 8.78 Å². The number of alkyl halides is 3. The third-order valence-electron chi connectivity index (χ3n) is 6.89. The largest absolute Gasteiger partial charge is 0.419 e. The number of ether oxygens (including phenoxy) is 1. The van der Waals surface area contributed by atoms with Crippen LogP contribution in [0.3, 0.4) is 0 Å². The number of carbonyl (C=O) groups excluding carboxylic acids is 2. The quantitative estimate of drug-likeness (QED) is 0.629. The molecule has 0 radical (unpaired) electrons. The standard InChI is InChI=1S/C23H27F5N4O3/c1-11-4-18(32(8-11)22(34)20-12(2)7-29-31(20)3)21(33)30-19(13-9-35-10-13)14-5-17(25)15(6-16(14)24)23(26,27)28/h5-7,11-13,18-20H,4,8-10H2,1-3H3,(H,30,33)/t11-,12?,18-,19-,20?/m1/s1. The van der Waals surface area contributed by atoms with Crippen molar-refractivity contribution in [2.24, 2.45) is 22.9 Å². The Labute approximate surface area is 199 Å². The number of amides is 2. The summed E-state index contributed by atoms with van der Waals surface area (Å²) in [5.74, 6) is -4.34. The van der Waals surface area contributed by atoms with Crippen LogP contribution in [0.1, 0.15) is 37.4 Å². The summed E-state index contributed by atoms with van der Waals surface area (Å²) in [6.45, 7) is 4.33.